The van der Waals surface area contributed by atoms with Crippen molar-refractivity contribution in [3.63, 3.8) is 0 Å². The largest absolute Gasteiger partial charge is 0.0795 e. The number of aryl methyl sites for hydroxylation is 2. The molecule has 5 aromatic carbocycles. The summed E-state index contributed by atoms with van der Waals surface area (Å²) in [5, 5.41) is 2.62. The molecule has 168 valence electrons. The van der Waals surface area contributed by atoms with E-state index in [4.69, 9.17) is 0 Å². The lowest BCUT2D eigenvalue weighted by atomic mass is 10.1. The van der Waals surface area contributed by atoms with E-state index in [1.807, 2.05) is 36.4 Å². The first-order valence-corrected chi connectivity index (χ1v) is 12.2. The Labute approximate surface area is 204 Å². The second kappa shape index (κ2) is 13.0. The average Bonchev–Trinajstić information content (AvgIpc) is 3.61. The Bertz CT molecular complexity index is 1170. The van der Waals surface area contributed by atoms with Crippen LogP contribution in [0.4, 0.5) is 0 Å². The molecule has 0 amide bonds. The van der Waals surface area contributed by atoms with E-state index in [1.54, 1.807) is 11.1 Å². The quantitative estimate of drug-likeness (QED) is 0.225. The summed E-state index contributed by atoms with van der Waals surface area (Å²) in [7, 11) is 0. The van der Waals surface area contributed by atoms with Crippen LogP contribution in [0.3, 0.4) is 0 Å². The molecule has 0 nitrogen and oxygen atoms in total. The normalized spacial score (nSPS) is 12.1. The number of rotatable bonds is 0. The molecule has 5 aromatic rings. The second-order valence-electron chi connectivity index (χ2n) is 8.43. The van der Waals surface area contributed by atoms with E-state index in [1.165, 1.54) is 41.2 Å². The molecule has 0 unspecified atom stereocenters. The Morgan fingerprint density at radius 2 is 0.794 bits per heavy atom. The van der Waals surface area contributed by atoms with Gasteiger partial charge in [0, 0.05) is 0 Å². The lowest BCUT2D eigenvalue weighted by Crippen LogP contribution is -1.77. The predicted molar refractivity (Wildman–Crippen MR) is 148 cm³/mol. The Balaban J connectivity index is 0.000000109. The SMILES string of the molecule is C1=Cc2ccccc2C1.c1ccc2c(c1)CCC2.c1ccc2ccccc2c1.c1ccccc1. The lowest BCUT2D eigenvalue weighted by Gasteiger charge is -1.93. The number of benzene rings is 5. The second-order valence-corrected chi connectivity index (χ2v) is 8.43. The van der Waals surface area contributed by atoms with Crippen molar-refractivity contribution in [2.24, 2.45) is 0 Å². The van der Waals surface area contributed by atoms with Gasteiger partial charge in [0.2, 0.25) is 0 Å². The molecule has 0 aromatic heterocycles. The van der Waals surface area contributed by atoms with Gasteiger partial charge in [0.25, 0.3) is 0 Å². The van der Waals surface area contributed by atoms with Crippen molar-refractivity contribution in [2.45, 2.75) is 25.7 Å². The molecule has 0 N–H and O–H groups in total. The predicted octanol–water partition coefficient (Wildman–Crippen LogP) is 8.96. The monoisotopic (exact) mass is 440 g/mol. The van der Waals surface area contributed by atoms with Crippen molar-refractivity contribution in [3.8, 4) is 0 Å². The van der Waals surface area contributed by atoms with E-state index in [2.05, 4.69) is 109 Å². The zero-order chi connectivity index (χ0) is 23.3. The van der Waals surface area contributed by atoms with Crippen molar-refractivity contribution in [2.75, 3.05) is 0 Å². The maximum absolute atomic E-state index is 2.24. The molecule has 0 aliphatic heterocycles. The fourth-order valence-corrected chi connectivity index (χ4v) is 4.23. The maximum Gasteiger partial charge on any atom is -0.00882 e. The molecule has 0 radical (unpaired) electrons. The summed E-state index contributed by atoms with van der Waals surface area (Å²) in [5.74, 6) is 0. The zero-order valence-corrected chi connectivity index (χ0v) is 19.7. The summed E-state index contributed by atoms with van der Waals surface area (Å²) in [6.45, 7) is 0. The van der Waals surface area contributed by atoms with Gasteiger partial charge in [-0.2, -0.15) is 0 Å². The molecule has 0 saturated carbocycles. The highest BCUT2D eigenvalue weighted by atomic mass is 14.1. The van der Waals surface area contributed by atoms with Crippen LogP contribution in [0.2, 0.25) is 0 Å². The van der Waals surface area contributed by atoms with E-state index in [-0.39, 0.29) is 0 Å². The molecule has 7 rings (SSSR count). The third-order valence-electron chi connectivity index (χ3n) is 6.03. The van der Waals surface area contributed by atoms with Gasteiger partial charge < -0.3 is 0 Å². The summed E-state index contributed by atoms with van der Waals surface area (Å²) < 4.78 is 0. The van der Waals surface area contributed by atoms with Crippen LogP contribution in [-0.2, 0) is 19.3 Å². The number of hydrogen-bond donors (Lipinski definition) is 0. The molecule has 34 heavy (non-hydrogen) atoms. The zero-order valence-electron chi connectivity index (χ0n) is 19.7. The Kier molecular flexibility index (Phi) is 8.87. The van der Waals surface area contributed by atoms with E-state index < -0.39 is 0 Å². The molecular formula is C34H32. The first-order chi connectivity index (χ1) is 16.9. The molecule has 0 saturated heterocycles. The van der Waals surface area contributed by atoms with Gasteiger partial charge in [0.1, 0.15) is 0 Å². The molecule has 0 atom stereocenters. The molecule has 0 heterocycles. The molecule has 0 heteroatoms. The maximum atomic E-state index is 2.24. The van der Waals surface area contributed by atoms with Crippen LogP contribution in [0.15, 0.2) is 140 Å². The van der Waals surface area contributed by atoms with E-state index in [0.29, 0.717) is 0 Å². The van der Waals surface area contributed by atoms with Gasteiger partial charge in [0.15, 0.2) is 0 Å². The first kappa shape index (κ1) is 23.3. The van der Waals surface area contributed by atoms with Crippen LogP contribution >= 0.6 is 0 Å². The fraction of sp³-hybridized carbons (Fsp3) is 0.118. The Morgan fingerprint density at radius 3 is 1.26 bits per heavy atom. The molecule has 2 aliphatic carbocycles. The van der Waals surface area contributed by atoms with Gasteiger partial charge in [-0.1, -0.05) is 146 Å². The van der Waals surface area contributed by atoms with E-state index in [9.17, 15) is 0 Å². The molecule has 0 spiro atoms. The minimum absolute atomic E-state index is 1.12. The highest BCUT2D eigenvalue weighted by molar-refractivity contribution is 5.82. The highest BCUT2D eigenvalue weighted by Crippen LogP contribution is 2.20. The van der Waals surface area contributed by atoms with Crippen molar-refractivity contribution >= 4 is 16.8 Å². The standard InChI is InChI=1S/C10H8.C9H10.C9H8.C6H6/c1-2-6-10-8-4-3-7-9(10)5-1;2*1-2-5-9-7-3-6-8(9)4-1;1-2-4-6-5-3-1/h1-8H;1-2,4-5H,3,6-7H2;1-6H,7H2;1-6H. The Morgan fingerprint density at radius 1 is 0.382 bits per heavy atom. The smallest absolute Gasteiger partial charge is 0.00882 e. The third kappa shape index (κ3) is 7.05. The van der Waals surface area contributed by atoms with Crippen LogP contribution in [0.25, 0.3) is 16.8 Å². The summed E-state index contributed by atoms with van der Waals surface area (Å²) in [4.78, 5) is 0. The average molecular weight is 441 g/mol. The summed E-state index contributed by atoms with van der Waals surface area (Å²) in [6.07, 6.45) is 9.46. The minimum atomic E-state index is 1.12. The molecule has 0 fully saturated rings. The van der Waals surface area contributed by atoms with Crippen molar-refractivity contribution in [1.29, 1.82) is 0 Å². The van der Waals surface area contributed by atoms with E-state index in [0.717, 1.165) is 6.42 Å². The van der Waals surface area contributed by atoms with Crippen LogP contribution in [0.1, 0.15) is 28.7 Å². The number of fused-ring (bicyclic) bond motifs is 3. The summed E-state index contributed by atoms with van der Waals surface area (Å²) >= 11 is 0. The van der Waals surface area contributed by atoms with Crippen LogP contribution < -0.4 is 0 Å². The Hall–Kier alpha value is -3.90. The van der Waals surface area contributed by atoms with Gasteiger partial charge in [0.05, 0.1) is 0 Å². The van der Waals surface area contributed by atoms with Crippen molar-refractivity contribution < 1.29 is 0 Å². The molecular weight excluding hydrogens is 408 g/mol. The summed E-state index contributed by atoms with van der Waals surface area (Å²) in [5.41, 5.74) is 5.98. The lowest BCUT2D eigenvalue weighted by molar-refractivity contribution is 0.912. The van der Waals surface area contributed by atoms with Gasteiger partial charge in [-0.05, 0) is 58.7 Å². The first-order valence-electron chi connectivity index (χ1n) is 12.2. The topological polar surface area (TPSA) is 0 Å². The van der Waals surface area contributed by atoms with Gasteiger partial charge in [-0.3, -0.25) is 0 Å². The number of hydrogen-bond acceptors (Lipinski definition) is 0. The fourth-order valence-electron chi connectivity index (χ4n) is 4.23. The van der Waals surface area contributed by atoms with Crippen molar-refractivity contribution in [3.05, 3.63) is 162 Å². The van der Waals surface area contributed by atoms with Crippen LogP contribution in [-0.4, -0.2) is 0 Å². The third-order valence-corrected chi connectivity index (χ3v) is 6.03. The van der Waals surface area contributed by atoms with Gasteiger partial charge in [-0.15, -0.1) is 0 Å². The van der Waals surface area contributed by atoms with Crippen LogP contribution in [0, 0.1) is 0 Å². The van der Waals surface area contributed by atoms with Gasteiger partial charge >= 0.3 is 0 Å². The summed E-state index contributed by atoms with van der Waals surface area (Å²) in [6, 6.07) is 45.9. The van der Waals surface area contributed by atoms with Gasteiger partial charge in [-0.25, -0.2) is 0 Å². The molecule has 2 aliphatic rings. The molecule has 0 bridgehead atoms. The van der Waals surface area contributed by atoms with Crippen LogP contribution in [0.5, 0.6) is 0 Å². The van der Waals surface area contributed by atoms with Crippen molar-refractivity contribution in [1.82, 2.24) is 0 Å². The highest BCUT2D eigenvalue weighted by Gasteiger charge is 2.07. The van der Waals surface area contributed by atoms with E-state index >= 15 is 0 Å². The number of allylic oxidation sites excluding steroid dienone is 1. The minimum Gasteiger partial charge on any atom is -0.0795 e.